The highest BCUT2D eigenvalue weighted by Crippen LogP contribution is 2.31. The number of para-hydroxylation sites is 1. The summed E-state index contributed by atoms with van der Waals surface area (Å²) < 4.78 is 0. The molecule has 2 heterocycles. The Bertz CT molecular complexity index is 1280. The first kappa shape index (κ1) is 19.0. The topological polar surface area (TPSA) is 62.3 Å². The molecule has 0 aliphatic carbocycles. The number of amides is 2. The Kier molecular flexibility index (Phi) is 4.92. The Morgan fingerprint density at radius 1 is 0.871 bits per heavy atom. The van der Waals surface area contributed by atoms with Gasteiger partial charge in [-0.25, -0.2) is 4.98 Å². The molecule has 0 spiro atoms. The molecule has 1 N–H and O–H groups in total. The van der Waals surface area contributed by atoms with Gasteiger partial charge >= 0.3 is 0 Å². The van der Waals surface area contributed by atoms with E-state index in [9.17, 15) is 9.59 Å². The molecule has 152 valence electrons. The Balaban J connectivity index is 1.42. The molecule has 5 rings (SSSR count). The minimum atomic E-state index is -0.276. The number of fused-ring (bicyclic) bond motifs is 2. The van der Waals surface area contributed by atoms with Crippen molar-refractivity contribution in [2.24, 2.45) is 0 Å². The Labute approximate surface area is 180 Å². The molecular weight excluding hydrogens is 386 g/mol. The fraction of sp³-hybridized carbons (Fsp3) is 0.115. The summed E-state index contributed by atoms with van der Waals surface area (Å²) in [5.41, 5.74) is 4.40. The third-order valence-electron chi connectivity index (χ3n) is 5.56. The van der Waals surface area contributed by atoms with Crippen LogP contribution in [0.25, 0.3) is 10.9 Å². The van der Waals surface area contributed by atoms with Crippen molar-refractivity contribution in [1.82, 2.24) is 4.98 Å². The first-order chi connectivity index (χ1) is 15.2. The van der Waals surface area contributed by atoms with Crippen LogP contribution in [0, 0.1) is 0 Å². The van der Waals surface area contributed by atoms with Gasteiger partial charge in [0.25, 0.3) is 11.8 Å². The fourth-order valence-electron chi connectivity index (χ4n) is 3.99. The largest absolute Gasteiger partial charge is 0.321 e. The van der Waals surface area contributed by atoms with E-state index in [-0.39, 0.29) is 11.8 Å². The van der Waals surface area contributed by atoms with Crippen LogP contribution in [0.2, 0.25) is 0 Å². The zero-order valence-corrected chi connectivity index (χ0v) is 16.9. The summed E-state index contributed by atoms with van der Waals surface area (Å²) in [4.78, 5) is 32.1. The van der Waals surface area contributed by atoms with E-state index < -0.39 is 0 Å². The molecule has 5 nitrogen and oxygen atoms in total. The molecule has 0 fully saturated rings. The third-order valence-corrected chi connectivity index (χ3v) is 5.56. The Morgan fingerprint density at radius 2 is 1.68 bits per heavy atom. The summed E-state index contributed by atoms with van der Waals surface area (Å²) in [7, 11) is 0. The zero-order chi connectivity index (χ0) is 21.2. The lowest BCUT2D eigenvalue weighted by Gasteiger charge is -2.30. The van der Waals surface area contributed by atoms with Gasteiger partial charge in [0.05, 0.1) is 5.52 Å². The lowest BCUT2D eigenvalue weighted by Crippen LogP contribution is -2.35. The van der Waals surface area contributed by atoms with E-state index in [1.807, 2.05) is 78.9 Å². The van der Waals surface area contributed by atoms with Crippen molar-refractivity contribution in [3.63, 3.8) is 0 Å². The SMILES string of the molecule is O=C(Nc1ccc2c(c1)N(C(=O)c1ccccc1)CCC2)c1ccc2ccccc2n1. The molecule has 4 aromatic rings. The quantitative estimate of drug-likeness (QED) is 0.515. The van der Waals surface area contributed by atoms with Crippen LogP contribution in [0.15, 0.2) is 84.9 Å². The molecule has 31 heavy (non-hydrogen) atoms. The molecular formula is C26H21N3O2. The van der Waals surface area contributed by atoms with Crippen molar-refractivity contribution in [3.8, 4) is 0 Å². The van der Waals surface area contributed by atoms with E-state index in [0.717, 1.165) is 35.0 Å². The number of pyridine rings is 1. The van der Waals surface area contributed by atoms with Crippen molar-refractivity contribution >= 4 is 34.1 Å². The lowest BCUT2D eigenvalue weighted by molar-refractivity contribution is 0.0984. The standard InChI is InChI=1S/C26H21N3O2/c30-25(23-15-13-18-7-4-5-11-22(18)28-23)27-21-14-12-19-10-6-16-29(24(19)17-21)26(31)20-8-2-1-3-9-20/h1-5,7-9,11-15,17H,6,10,16H2,(H,27,30). The highest BCUT2D eigenvalue weighted by molar-refractivity contribution is 6.08. The Hall–Kier alpha value is -3.99. The number of nitrogens with zero attached hydrogens (tertiary/aromatic N) is 2. The smallest absolute Gasteiger partial charge is 0.274 e. The molecule has 3 aromatic carbocycles. The highest BCUT2D eigenvalue weighted by Gasteiger charge is 2.24. The van der Waals surface area contributed by atoms with E-state index in [4.69, 9.17) is 0 Å². The maximum absolute atomic E-state index is 13.1. The van der Waals surface area contributed by atoms with Crippen LogP contribution in [0.1, 0.15) is 32.8 Å². The number of nitrogens with one attached hydrogen (secondary N) is 1. The maximum Gasteiger partial charge on any atom is 0.274 e. The van der Waals surface area contributed by atoms with Crippen LogP contribution in [0.4, 0.5) is 11.4 Å². The van der Waals surface area contributed by atoms with Crippen molar-refractivity contribution in [3.05, 3.63) is 102 Å². The maximum atomic E-state index is 13.1. The number of aryl methyl sites for hydroxylation is 1. The van der Waals surface area contributed by atoms with E-state index in [1.54, 1.807) is 11.0 Å². The molecule has 0 bridgehead atoms. The van der Waals surface area contributed by atoms with E-state index >= 15 is 0 Å². The van der Waals surface area contributed by atoms with E-state index in [1.165, 1.54) is 0 Å². The number of benzene rings is 3. The molecule has 1 aliphatic heterocycles. The van der Waals surface area contributed by atoms with Gasteiger partial charge in [0.1, 0.15) is 5.69 Å². The zero-order valence-electron chi connectivity index (χ0n) is 16.9. The van der Waals surface area contributed by atoms with Crippen LogP contribution in [-0.2, 0) is 6.42 Å². The van der Waals surface area contributed by atoms with Crippen molar-refractivity contribution in [2.75, 3.05) is 16.8 Å². The van der Waals surface area contributed by atoms with Gasteiger partial charge in [0.15, 0.2) is 0 Å². The molecule has 0 saturated heterocycles. The summed E-state index contributed by atoms with van der Waals surface area (Å²) in [6.07, 6.45) is 1.83. The number of carbonyl (C=O) groups is 2. The second-order valence-electron chi connectivity index (χ2n) is 7.61. The van der Waals surface area contributed by atoms with Crippen LogP contribution in [-0.4, -0.2) is 23.3 Å². The van der Waals surface area contributed by atoms with E-state index in [2.05, 4.69) is 10.3 Å². The molecule has 0 atom stereocenters. The average Bonchev–Trinajstić information content (AvgIpc) is 2.83. The molecule has 1 aromatic heterocycles. The van der Waals surface area contributed by atoms with Crippen molar-refractivity contribution < 1.29 is 9.59 Å². The van der Waals surface area contributed by atoms with Crippen LogP contribution >= 0.6 is 0 Å². The number of anilines is 2. The average molecular weight is 407 g/mol. The molecule has 0 unspecified atom stereocenters. The number of hydrogen-bond donors (Lipinski definition) is 1. The summed E-state index contributed by atoms with van der Waals surface area (Å²) in [6.45, 7) is 0.657. The number of aromatic nitrogens is 1. The second-order valence-corrected chi connectivity index (χ2v) is 7.61. The first-order valence-corrected chi connectivity index (χ1v) is 10.4. The second kappa shape index (κ2) is 8.03. The van der Waals surface area contributed by atoms with Crippen molar-refractivity contribution in [1.29, 1.82) is 0 Å². The summed E-state index contributed by atoms with van der Waals surface area (Å²) >= 11 is 0. The molecule has 2 amide bonds. The van der Waals surface area contributed by atoms with Gasteiger partial charge in [-0.1, -0.05) is 48.5 Å². The van der Waals surface area contributed by atoms with Crippen LogP contribution in [0.3, 0.4) is 0 Å². The van der Waals surface area contributed by atoms with Gasteiger partial charge < -0.3 is 10.2 Å². The third kappa shape index (κ3) is 3.78. The number of rotatable bonds is 3. The minimum absolute atomic E-state index is 0.0266. The molecule has 5 heteroatoms. The molecule has 0 radical (unpaired) electrons. The van der Waals surface area contributed by atoms with Crippen LogP contribution in [0.5, 0.6) is 0 Å². The van der Waals surface area contributed by atoms with Gasteiger partial charge in [-0.2, -0.15) is 0 Å². The summed E-state index contributed by atoms with van der Waals surface area (Å²) in [6, 6.07) is 26.4. The lowest BCUT2D eigenvalue weighted by atomic mass is 10.00. The monoisotopic (exact) mass is 407 g/mol. The van der Waals surface area contributed by atoms with Crippen molar-refractivity contribution in [2.45, 2.75) is 12.8 Å². The fourth-order valence-corrected chi connectivity index (χ4v) is 3.99. The van der Waals surface area contributed by atoms with Gasteiger partial charge in [-0.15, -0.1) is 0 Å². The molecule has 0 saturated carbocycles. The summed E-state index contributed by atoms with van der Waals surface area (Å²) in [5.74, 6) is -0.302. The van der Waals surface area contributed by atoms with E-state index in [0.29, 0.717) is 23.5 Å². The van der Waals surface area contributed by atoms with Gasteiger partial charge in [-0.05, 0) is 54.8 Å². The molecule has 1 aliphatic rings. The van der Waals surface area contributed by atoms with Gasteiger partial charge in [0, 0.05) is 28.9 Å². The predicted molar refractivity (Wildman–Crippen MR) is 123 cm³/mol. The minimum Gasteiger partial charge on any atom is -0.321 e. The highest BCUT2D eigenvalue weighted by atomic mass is 16.2. The first-order valence-electron chi connectivity index (χ1n) is 10.4. The van der Waals surface area contributed by atoms with Gasteiger partial charge in [0.2, 0.25) is 0 Å². The predicted octanol–water partition coefficient (Wildman–Crippen LogP) is 5.08. The number of hydrogen-bond acceptors (Lipinski definition) is 3. The number of carbonyl (C=O) groups excluding carboxylic acids is 2. The van der Waals surface area contributed by atoms with Crippen LogP contribution < -0.4 is 10.2 Å². The summed E-state index contributed by atoms with van der Waals surface area (Å²) in [5, 5.41) is 3.92. The van der Waals surface area contributed by atoms with Gasteiger partial charge in [-0.3, -0.25) is 9.59 Å². The Morgan fingerprint density at radius 3 is 2.55 bits per heavy atom. The normalized spacial score (nSPS) is 13.0.